The number of nitrogens with zero attached hydrogens (tertiary/aromatic N) is 1. The minimum Gasteiger partial charge on any atom is -0.507 e. The molecule has 0 aromatic heterocycles. The number of hydrogen-bond donors (Lipinski definition) is 2. The zero-order valence-electron chi connectivity index (χ0n) is 20.7. The molecule has 1 aliphatic rings. The Bertz CT molecular complexity index is 848. The second-order valence-electron chi connectivity index (χ2n) is 11.2. The Kier molecular flexibility index (Phi) is 6.73. The van der Waals surface area contributed by atoms with E-state index < -0.39 is 0 Å². The monoisotopic (exact) mass is 425 g/mol. The molecule has 1 fully saturated rings. The van der Waals surface area contributed by atoms with Crippen molar-refractivity contribution < 1.29 is 14.7 Å². The normalized spacial score (nSPS) is 16.9. The molecule has 1 atom stereocenters. The lowest BCUT2D eigenvalue weighted by atomic mass is 9.77. The molecule has 31 heavy (non-hydrogen) atoms. The quantitative estimate of drug-likeness (QED) is 0.776. The smallest absolute Gasteiger partial charge is 0.139 e. The zero-order valence-corrected chi connectivity index (χ0v) is 20.7. The number of nitrogens with one attached hydrogen (secondary N) is 1. The van der Waals surface area contributed by atoms with Crippen LogP contribution in [0.1, 0.15) is 69.8 Å². The van der Waals surface area contributed by atoms with Crippen molar-refractivity contribution in [3.63, 3.8) is 0 Å². The van der Waals surface area contributed by atoms with Gasteiger partial charge in [0.25, 0.3) is 0 Å². The van der Waals surface area contributed by atoms with Gasteiger partial charge in [-0.05, 0) is 35.1 Å². The molecule has 2 N–H and O–H groups in total. The molecule has 0 unspecified atom stereocenters. The van der Waals surface area contributed by atoms with Gasteiger partial charge in [-0.25, -0.2) is 0 Å². The molecule has 0 spiro atoms. The molecule has 0 bridgehead atoms. The van der Waals surface area contributed by atoms with Crippen LogP contribution in [-0.4, -0.2) is 45.5 Å². The summed E-state index contributed by atoms with van der Waals surface area (Å²) >= 11 is 0. The second-order valence-corrected chi connectivity index (χ2v) is 11.2. The summed E-state index contributed by atoms with van der Waals surface area (Å²) in [5.74, 6) is 0.447. The fraction of sp³-hybridized carbons (Fsp3) is 0.556. The summed E-state index contributed by atoms with van der Waals surface area (Å²) in [7, 11) is 4.15. The Balaban J connectivity index is 2.20. The van der Waals surface area contributed by atoms with E-state index in [-0.39, 0.29) is 16.9 Å². The Morgan fingerprint density at radius 1 is 0.839 bits per heavy atom. The maximum absolute atomic E-state index is 11.2. The maximum atomic E-state index is 11.2. The highest BCUT2D eigenvalue weighted by atomic mass is 16.5. The van der Waals surface area contributed by atoms with Gasteiger partial charge in [0.2, 0.25) is 0 Å². The Labute approximate surface area is 188 Å². The number of quaternary nitrogens is 1. The van der Waals surface area contributed by atoms with Gasteiger partial charge >= 0.3 is 0 Å². The molecule has 0 amide bonds. The number of aromatic hydroxyl groups is 1. The van der Waals surface area contributed by atoms with Crippen LogP contribution >= 0.6 is 0 Å². The van der Waals surface area contributed by atoms with Crippen LogP contribution in [0.3, 0.4) is 0 Å². The lowest BCUT2D eigenvalue weighted by Gasteiger charge is -2.35. The molecule has 0 radical (unpaired) electrons. The van der Waals surface area contributed by atoms with E-state index in [1.54, 1.807) is 0 Å². The van der Waals surface area contributed by atoms with Gasteiger partial charge < -0.3 is 19.6 Å². The number of morpholine rings is 1. The highest BCUT2D eigenvalue weighted by molar-refractivity contribution is 5.52. The van der Waals surface area contributed by atoms with Crippen molar-refractivity contribution >= 4 is 5.69 Å². The van der Waals surface area contributed by atoms with E-state index in [4.69, 9.17) is 4.74 Å². The van der Waals surface area contributed by atoms with E-state index in [1.165, 1.54) is 21.7 Å². The predicted molar refractivity (Wildman–Crippen MR) is 130 cm³/mol. The third kappa shape index (κ3) is 5.24. The van der Waals surface area contributed by atoms with Gasteiger partial charge in [-0.15, -0.1) is 0 Å². The molecule has 1 saturated heterocycles. The maximum Gasteiger partial charge on any atom is 0.139 e. The molecule has 3 rings (SSSR count). The summed E-state index contributed by atoms with van der Waals surface area (Å²) in [6, 6.07) is 13.7. The van der Waals surface area contributed by atoms with E-state index in [2.05, 4.69) is 96.9 Å². The summed E-state index contributed by atoms with van der Waals surface area (Å²) in [5.41, 5.74) is 5.57. The van der Waals surface area contributed by atoms with Crippen LogP contribution in [0.4, 0.5) is 5.69 Å². The summed E-state index contributed by atoms with van der Waals surface area (Å²) in [5, 5.41) is 11.2. The van der Waals surface area contributed by atoms with Crippen molar-refractivity contribution in [2.45, 2.75) is 58.4 Å². The van der Waals surface area contributed by atoms with Gasteiger partial charge in [-0.1, -0.05) is 53.7 Å². The first-order chi connectivity index (χ1) is 14.4. The third-order valence-electron chi connectivity index (χ3n) is 6.37. The highest BCUT2D eigenvalue weighted by Gasteiger charge is 2.33. The van der Waals surface area contributed by atoms with Gasteiger partial charge in [0.05, 0.1) is 13.2 Å². The fourth-order valence-electron chi connectivity index (χ4n) is 4.52. The topological polar surface area (TPSA) is 37.1 Å². The second kappa shape index (κ2) is 8.84. The number of phenols is 1. The number of anilines is 1. The van der Waals surface area contributed by atoms with Gasteiger partial charge in [0.15, 0.2) is 0 Å². The SMILES string of the molecule is CN(C)c1ccc([C@H](c2cc(C(C)(C)C)c(O)c(C(C)(C)C)c2)[NH+]2CCOCC2)cc1. The average molecular weight is 426 g/mol. The highest BCUT2D eigenvalue weighted by Crippen LogP contribution is 2.41. The van der Waals surface area contributed by atoms with Crippen LogP contribution in [0, 0.1) is 0 Å². The summed E-state index contributed by atoms with van der Waals surface area (Å²) in [6.07, 6.45) is 0. The summed E-state index contributed by atoms with van der Waals surface area (Å²) in [6.45, 7) is 16.6. The predicted octanol–water partition coefficient (Wildman–Crippen LogP) is 4.06. The number of hydrogen-bond acceptors (Lipinski definition) is 3. The number of phenolic OH excluding ortho intramolecular Hbond substituents is 1. The minimum absolute atomic E-state index is 0.139. The van der Waals surface area contributed by atoms with Crippen LogP contribution in [-0.2, 0) is 15.6 Å². The van der Waals surface area contributed by atoms with Crippen LogP contribution in [0.15, 0.2) is 36.4 Å². The van der Waals surface area contributed by atoms with Crippen molar-refractivity contribution in [3.05, 3.63) is 58.7 Å². The number of ether oxygens (including phenoxy) is 1. The largest absolute Gasteiger partial charge is 0.507 e. The van der Waals surface area contributed by atoms with Crippen LogP contribution in [0.5, 0.6) is 5.75 Å². The van der Waals surface area contributed by atoms with Crippen LogP contribution < -0.4 is 9.80 Å². The molecule has 0 saturated carbocycles. The molecule has 1 heterocycles. The Morgan fingerprint density at radius 3 is 1.74 bits per heavy atom. The van der Waals surface area contributed by atoms with E-state index in [0.29, 0.717) is 5.75 Å². The zero-order chi connectivity index (χ0) is 23.0. The average Bonchev–Trinajstić information content (AvgIpc) is 2.68. The number of benzene rings is 2. The van der Waals surface area contributed by atoms with E-state index in [0.717, 1.165) is 37.4 Å². The molecule has 170 valence electrons. The standard InChI is InChI=1S/C27H40N2O2/c1-26(2,3)22-17-20(18-23(25(22)30)27(4,5)6)24(29-13-15-31-16-14-29)19-9-11-21(12-10-19)28(7)8/h9-12,17-18,24,30H,13-16H2,1-8H3/p+1/t24-/m1/s1. The molecular formula is C27H41N2O2+. The van der Waals surface area contributed by atoms with Crippen molar-refractivity contribution in [2.24, 2.45) is 0 Å². The minimum atomic E-state index is -0.139. The lowest BCUT2D eigenvalue weighted by molar-refractivity contribution is -0.933. The third-order valence-corrected chi connectivity index (χ3v) is 6.37. The van der Waals surface area contributed by atoms with Crippen molar-refractivity contribution in [3.8, 4) is 5.75 Å². The van der Waals surface area contributed by atoms with Crippen molar-refractivity contribution in [2.75, 3.05) is 45.3 Å². The van der Waals surface area contributed by atoms with Crippen LogP contribution in [0.25, 0.3) is 0 Å². The lowest BCUT2D eigenvalue weighted by Crippen LogP contribution is -3.14. The Morgan fingerprint density at radius 2 is 1.32 bits per heavy atom. The van der Waals surface area contributed by atoms with Crippen LogP contribution in [0.2, 0.25) is 0 Å². The first-order valence-corrected chi connectivity index (χ1v) is 11.5. The van der Waals surface area contributed by atoms with Gasteiger partial charge in [0.1, 0.15) is 24.9 Å². The summed E-state index contributed by atoms with van der Waals surface area (Å²) in [4.78, 5) is 3.66. The first kappa shape index (κ1) is 23.6. The van der Waals surface area contributed by atoms with E-state index in [9.17, 15) is 5.11 Å². The molecule has 2 aromatic rings. The van der Waals surface area contributed by atoms with Gasteiger partial charge in [-0.3, -0.25) is 0 Å². The summed E-state index contributed by atoms with van der Waals surface area (Å²) < 4.78 is 5.68. The molecule has 2 aromatic carbocycles. The Hall–Kier alpha value is -2.04. The molecule has 4 nitrogen and oxygen atoms in total. The first-order valence-electron chi connectivity index (χ1n) is 11.5. The number of rotatable bonds is 4. The van der Waals surface area contributed by atoms with Crippen molar-refractivity contribution in [1.29, 1.82) is 0 Å². The van der Waals surface area contributed by atoms with Gasteiger partial charge in [-0.2, -0.15) is 0 Å². The molecule has 4 heteroatoms. The van der Waals surface area contributed by atoms with E-state index >= 15 is 0 Å². The molecule has 1 aliphatic heterocycles. The van der Waals surface area contributed by atoms with Crippen molar-refractivity contribution in [1.82, 2.24) is 0 Å². The van der Waals surface area contributed by atoms with Gasteiger partial charge in [0, 0.05) is 42.0 Å². The van der Waals surface area contributed by atoms with E-state index in [1.807, 2.05) is 0 Å². The molecular weight excluding hydrogens is 384 g/mol. The fourth-order valence-corrected chi connectivity index (χ4v) is 4.52. The molecule has 0 aliphatic carbocycles.